The lowest BCUT2D eigenvalue weighted by atomic mass is 10.2. The summed E-state index contributed by atoms with van der Waals surface area (Å²) in [4.78, 5) is 12.9. The number of thiophene rings is 1. The minimum absolute atomic E-state index is 0.0836. The Bertz CT molecular complexity index is 612. The van der Waals surface area contributed by atoms with E-state index >= 15 is 0 Å². The lowest BCUT2D eigenvalue weighted by molar-refractivity contribution is -0.384. The predicted molar refractivity (Wildman–Crippen MR) is 81.9 cm³/mol. The molecule has 0 saturated carbocycles. The highest BCUT2D eigenvalue weighted by Gasteiger charge is 2.13. The maximum atomic E-state index is 10.8. The minimum Gasteiger partial charge on any atom is -0.377 e. The van der Waals surface area contributed by atoms with Crippen molar-refractivity contribution in [3.63, 3.8) is 0 Å². The van der Waals surface area contributed by atoms with Crippen molar-refractivity contribution in [2.75, 3.05) is 5.32 Å². The molecular formula is C13H13BrN2O2S. The van der Waals surface area contributed by atoms with E-state index in [0.29, 0.717) is 0 Å². The highest BCUT2D eigenvalue weighted by Crippen LogP contribution is 2.31. The van der Waals surface area contributed by atoms with Gasteiger partial charge in [0.25, 0.3) is 5.69 Å². The van der Waals surface area contributed by atoms with Crippen LogP contribution in [-0.2, 0) is 0 Å². The second kappa shape index (κ2) is 5.71. The van der Waals surface area contributed by atoms with E-state index in [0.717, 1.165) is 10.2 Å². The van der Waals surface area contributed by atoms with Gasteiger partial charge in [-0.1, -0.05) is 0 Å². The summed E-state index contributed by atoms with van der Waals surface area (Å²) >= 11 is 5.12. The molecular weight excluding hydrogens is 328 g/mol. The second-order valence-corrected chi connectivity index (χ2v) is 6.41. The summed E-state index contributed by atoms with van der Waals surface area (Å²) in [5.41, 5.74) is 0.813. The van der Waals surface area contributed by atoms with E-state index in [2.05, 4.69) is 40.3 Å². The fourth-order valence-electron chi connectivity index (χ4n) is 1.73. The van der Waals surface area contributed by atoms with Gasteiger partial charge >= 0.3 is 0 Å². The quantitative estimate of drug-likeness (QED) is 0.636. The second-order valence-electron chi connectivity index (χ2n) is 4.24. The molecule has 1 aromatic heterocycles. The Hall–Kier alpha value is -1.40. The molecule has 4 nitrogen and oxygen atoms in total. The van der Waals surface area contributed by atoms with Crippen molar-refractivity contribution >= 4 is 38.6 Å². The predicted octanol–water partition coefficient (Wildman–Crippen LogP) is 4.90. The van der Waals surface area contributed by atoms with Crippen LogP contribution in [0, 0.1) is 17.0 Å². The summed E-state index contributed by atoms with van der Waals surface area (Å²) in [6.45, 7) is 4.10. The van der Waals surface area contributed by atoms with Gasteiger partial charge in [0.05, 0.1) is 16.7 Å². The van der Waals surface area contributed by atoms with Gasteiger partial charge in [-0.2, -0.15) is 0 Å². The molecule has 2 rings (SSSR count). The average molecular weight is 341 g/mol. The van der Waals surface area contributed by atoms with Crippen LogP contribution in [0.25, 0.3) is 0 Å². The molecule has 1 N–H and O–H groups in total. The Labute approximate surface area is 123 Å². The van der Waals surface area contributed by atoms with E-state index in [1.54, 1.807) is 23.5 Å². The van der Waals surface area contributed by atoms with E-state index in [1.807, 2.05) is 6.92 Å². The Morgan fingerprint density at radius 1 is 1.37 bits per heavy atom. The van der Waals surface area contributed by atoms with Crippen LogP contribution >= 0.6 is 27.3 Å². The fourth-order valence-corrected chi connectivity index (χ4v) is 2.97. The topological polar surface area (TPSA) is 55.2 Å². The van der Waals surface area contributed by atoms with Crippen molar-refractivity contribution in [3.8, 4) is 0 Å². The monoisotopic (exact) mass is 340 g/mol. The van der Waals surface area contributed by atoms with E-state index in [4.69, 9.17) is 0 Å². The lowest BCUT2D eigenvalue weighted by Gasteiger charge is -2.15. The number of aryl methyl sites for hydroxylation is 1. The number of nitro benzene ring substituents is 1. The molecule has 0 radical (unpaired) electrons. The number of nitrogens with one attached hydrogen (secondary N) is 1. The Morgan fingerprint density at radius 2 is 2.11 bits per heavy atom. The molecule has 0 bridgehead atoms. The maximum Gasteiger partial charge on any atom is 0.271 e. The van der Waals surface area contributed by atoms with E-state index in [-0.39, 0.29) is 11.7 Å². The summed E-state index contributed by atoms with van der Waals surface area (Å²) in [6, 6.07) is 8.96. The zero-order valence-corrected chi connectivity index (χ0v) is 12.9. The first-order chi connectivity index (χ1) is 8.97. The molecule has 100 valence electrons. The first kappa shape index (κ1) is 14.0. The third-order valence-electron chi connectivity index (χ3n) is 2.72. The van der Waals surface area contributed by atoms with Crippen LogP contribution in [0.15, 0.2) is 34.8 Å². The number of halogens is 1. The summed E-state index contributed by atoms with van der Waals surface area (Å²) in [5.74, 6) is 0. The van der Waals surface area contributed by atoms with Crippen molar-refractivity contribution in [1.29, 1.82) is 0 Å². The normalized spacial score (nSPS) is 12.2. The van der Waals surface area contributed by atoms with Gasteiger partial charge in [-0.25, -0.2) is 0 Å². The standard InChI is InChI=1S/C13H13BrN2O2S/c1-8-3-6-13(19-8)9(2)15-12-7-10(16(17)18)4-5-11(12)14/h3-7,9,15H,1-2H3. The maximum absolute atomic E-state index is 10.8. The molecule has 2 aromatic rings. The van der Waals surface area contributed by atoms with Gasteiger partial charge < -0.3 is 5.32 Å². The van der Waals surface area contributed by atoms with Crippen molar-refractivity contribution in [3.05, 3.63) is 54.7 Å². The SMILES string of the molecule is Cc1ccc(C(C)Nc2cc([N+](=O)[O-])ccc2Br)s1. The number of nitro groups is 1. The molecule has 0 aliphatic carbocycles. The number of non-ortho nitro benzene ring substituents is 1. The summed E-state index contributed by atoms with van der Waals surface area (Å²) in [5, 5.41) is 14.1. The number of hydrogen-bond acceptors (Lipinski definition) is 4. The van der Waals surface area contributed by atoms with Gasteiger partial charge in [0.2, 0.25) is 0 Å². The molecule has 0 fully saturated rings. The number of rotatable bonds is 4. The Morgan fingerprint density at radius 3 is 2.68 bits per heavy atom. The smallest absolute Gasteiger partial charge is 0.271 e. The van der Waals surface area contributed by atoms with Gasteiger partial charge in [-0.15, -0.1) is 11.3 Å². The third-order valence-corrected chi connectivity index (χ3v) is 4.60. The zero-order valence-electron chi connectivity index (χ0n) is 10.5. The van der Waals surface area contributed by atoms with E-state index in [9.17, 15) is 10.1 Å². The molecule has 0 aliphatic heterocycles. The van der Waals surface area contributed by atoms with Gasteiger partial charge in [0.1, 0.15) is 0 Å². The zero-order chi connectivity index (χ0) is 14.0. The first-order valence-corrected chi connectivity index (χ1v) is 7.35. The van der Waals surface area contributed by atoms with Gasteiger partial charge in [-0.3, -0.25) is 10.1 Å². The lowest BCUT2D eigenvalue weighted by Crippen LogP contribution is -2.05. The number of anilines is 1. The van der Waals surface area contributed by atoms with Crippen LogP contribution in [0.5, 0.6) is 0 Å². The van der Waals surface area contributed by atoms with Crippen LogP contribution in [-0.4, -0.2) is 4.92 Å². The highest BCUT2D eigenvalue weighted by molar-refractivity contribution is 9.10. The molecule has 0 spiro atoms. The van der Waals surface area contributed by atoms with Crippen molar-refractivity contribution in [2.45, 2.75) is 19.9 Å². The van der Waals surface area contributed by atoms with E-state index in [1.165, 1.54) is 15.8 Å². The minimum atomic E-state index is -0.391. The van der Waals surface area contributed by atoms with Crippen molar-refractivity contribution in [2.24, 2.45) is 0 Å². The molecule has 1 atom stereocenters. The largest absolute Gasteiger partial charge is 0.377 e. The molecule has 1 unspecified atom stereocenters. The first-order valence-electron chi connectivity index (χ1n) is 5.74. The van der Waals surface area contributed by atoms with Gasteiger partial charge in [0, 0.05) is 26.4 Å². The molecule has 19 heavy (non-hydrogen) atoms. The number of nitrogens with zero attached hydrogens (tertiary/aromatic N) is 1. The fraction of sp³-hybridized carbons (Fsp3) is 0.231. The van der Waals surface area contributed by atoms with E-state index < -0.39 is 4.92 Å². The van der Waals surface area contributed by atoms with Crippen LogP contribution < -0.4 is 5.32 Å². The Balaban J connectivity index is 2.22. The Kier molecular flexibility index (Phi) is 4.21. The molecule has 6 heteroatoms. The molecule has 0 saturated heterocycles. The van der Waals surface area contributed by atoms with Crippen molar-refractivity contribution in [1.82, 2.24) is 0 Å². The third kappa shape index (κ3) is 3.33. The molecule has 0 aliphatic rings. The van der Waals surface area contributed by atoms with Crippen LogP contribution in [0.1, 0.15) is 22.7 Å². The number of benzene rings is 1. The van der Waals surface area contributed by atoms with Gasteiger partial charge in [0.15, 0.2) is 0 Å². The molecule has 1 heterocycles. The molecule has 1 aromatic carbocycles. The number of hydrogen-bond donors (Lipinski definition) is 1. The van der Waals surface area contributed by atoms with Crippen LogP contribution in [0.3, 0.4) is 0 Å². The summed E-state index contributed by atoms with van der Waals surface area (Å²) < 4.78 is 0.818. The summed E-state index contributed by atoms with van der Waals surface area (Å²) in [7, 11) is 0. The van der Waals surface area contributed by atoms with Crippen molar-refractivity contribution < 1.29 is 4.92 Å². The highest BCUT2D eigenvalue weighted by atomic mass is 79.9. The van der Waals surface area contributed by atoms with Crippen LogP contribution in [0.2, 0.25) is 0 Å². The molecule has 0 amide bonds. The van der Waals surface area contributed by atoms with Crippen LogP contribution in [0.4, 0.5) is 11.4 Å². The average Bonchev–Trinajstić information content (AvgIpc) is 2.78. The van der Waals surface area contributed by atoms with Gasteiger partial charge in [-0.05, 0) is 48.0 Å². The summed E-state index contributed by atoms with van der Waals surface area (Å²) in [6.07, 6.45) is 0.